The molecule has 2 rings (SSSR count). The maximum absolute atomic E-state index is 4.80. The first-order chi connectivity index (χ1) is 8.61. The van der Waals surface area contributed by atoms with Crippen molar-refractivity contribution in [3.63, 3.8) is 0 Å². The van der Waals surface area contributed by atoms with Gasteiger partial charge in [0.05, 0.1) is 0 Å². The predicted molar refractivity (Wildman–Crippen MR) is 93.2 cm³/mol. The SMILES string of the molecule is Br.CCC(C)C1CN(C2N=C(N(C)C)SS2)CCN1. The van der Waals surface area contributed by atoms with E-state index >= 15 is 0 Å². The van der Waals surface area contributed by atoms with E-state index in [1.807, 2.05) is 10.8 Å². The van der Waals surface area contributed by atoms with Crippen molar-refractivity contribution in [2.75, 3.05) is 33.7 Å². The number of hydrogen-bond acceptors (Lipinski definition) is 6. The van der Waals surface area contributed by atoms with Gasteiger partial charge in [-0.2, -0.15) is 0 Å². The summed E-state index contributed by atoms with van der Waals surface area (Å²) in [7, 11) is 7.80. The zero-order valence-corrected chi connectivity index (χ0v) is 15.5. The van der Waals surface area contributed by atoms with Gasteiger partial charge >= 0.3 is 0 Å². The fourth-order valence-electron chi connectivity index (χ4n) is 2.22. The van der Waals surface area contributed by atoms with Crippen LogP contribution in [-0.4, -0.2) is 60.2 Å². The van der Waals surface area contributed by atoms with Crippen molar-refractivity contribution in [1.82, 2.24) is 15.1 Å². The van der Waals surface area contributed by atoms with Crippen molar-refractivity contribution in [3.8, 4) is 0 Å². The molecule has 3 unspecified atom stereocenters. The summed E-state index contributed by atoms with van der Waals surface area (Å²) in [6.07, 6.45) is 1.24. The first kappa shape index (κ1) is 17.6. The van der Waals surface area contributed by atoms with Gasteiger partial charge in [-0.3, -0.25) is 4.90 Å². The molecule has 0 aromatic heterocycles. The number of nitrogens with zero attached hydrogens (tertiary/aromatic N) is 3. The summed E-state index contributed by atoms with van der Waals surface area (Å²) >= 11 is 0. The lowest BCUT2D eigenvalue weighted by molar-refractivity contribution is 0.161. The van der Waals surface area contributed by atoms with E-state index in [0.717, 1.165) is 30.7 Å². The Morgan fingerprint density at radius 3 is 2.84 bits per heavy atom. The zero-order valence-electron chi connectivity index (χ0n) is 12.1. The number of hydrogen-bond donors (Lipinski definition) is 1. The molecule has 0 aromatic rings. The van der Waals surface area contributed by atoms with Crippen LogP contribution in [0.2, 0.25) is 0 Å². The van der Waals surface area contributed by atoms with Crippen molar-refractivity contribution in [2.45, 2.75) is 31.8 Å². The molecule has 2 heterocycles. The van der Waals surface area contributed by atoms with E-state index in [-0.39, 0.29) is 17.0 Å². The molecular weight excluding hydrogens is 344 g/mol. The number of piperazine rings is 1. The van der Waals surface area contributed by atoms with Crippen molar-refractivity contribution < 1.29 is 0 Å². The average Bonchev–Trinajstić information content (AvgIpc) is 2.88. The smallest absolute Gasteiger partial charge is 0.172 e. The molecule has 0 aliphatic carbocycles. The standard InChI is InChI=1S/C12H24N4S2.BrH/c1-5-9(2)10-8-16(7-6-13-10)12-14-11(15(3)4)17-18-12;/h9-10,12-13H,5-8H2,1-4H3;1H. The van der Waals surface area contributed by atoms with Crippen LogP contribution < -0.4 is 5.32 Å². The maximum Gasteiger partial charge on any atom is 0.172 e. The lowest BCUT2D eigenvalue weighted by atomic mass is 9.97. The number of aliphatic imine (C=N–C) groups is 1. The molecule has 2 aliphatic rings. The van der Waals surface area contributed by atoms with E-state index in [4.69, 9.17) is 4.99 Å². The van der Waals surface area contributed by atoms with Crippen LogP contribution in [-0.2, 0) is 0 Å². The quantitative estimate of drug-likeness (QED) is 0.773. The first-order valence-corrected chi connectivity index (χ1v) is 8.89. The van der Waals surface area contributed by atoms with Gasteiger partial charge in [0.15, 0.2) is 10.7 Å². The van der Waals surface area contributed by atoms with Gasteiger partial charge in [-0.25, -0.2) is 4.99 Å². The molecule has 3 atom stereocenters. The largest absolute Gasteiger partial charge is 0.357 e. The molecule has 7 heteroatoms. The van der Waals surface area contributed by atoms with E-state index in [9.17, 15) is 0 Å². The highest BCUT2D eigenvalue weighted by Crippen LogP contribution is 2.39. The van der Waals surface area contributed by atoms with Crippen molar-refractivity contribution >= 4 is 43.7 Å². The molecular formula is C12H25BrN4S2. The summed E-state index contributed by atoms with van der Waals surface area (Å²) < 4.78 is 0. The minimum Gasteiger partial charge on any atom is -0.357 e. The van der Waals surface area contributed by atoms with E-state index in [1.165, 1.54) is 6.42 Å². The Bertz CT molecular complexity index is 314. The van der Waals surface area contributed by atoms with Gasteiger partial charge in [-0.1, -0.05) is 20.3 Å². The van der Waals surface area contributed by atoms with Crippen molar-refractivity contribution in [3.05, 3.63) is 0 Å². The van der Waals surface area contributed by atoms with Crippen molar-refractivity contribution in [2.24, 2.45) is 10.9 Å². The molecule has 4 nitrogen and oxygen atoms in total. The molecule has 0 spiro atoms. The van der Waals surface area contributed by atoms with Gasteiger partial charge in [-0.15, -0.1) is 17.0 Å². The molecule has 2 aliphatic heterocycles. The van der Waals surface area contributed by atoms with E-state index in [2.05, 4.69) is 43.1 Å². The van der Waals surface area contributed by atoms with E-state index in [0.29, 0.717) is 11.5 Å². The second kappa shape index (κ2) is 8.12. The molecule has 0 saturated carbocycles. The molecule has 112 valence electrons. The summed E-state index contributed by atoms with van der Waals surface area (Å²) in [5, 5.41) is 4.78. The van der Waals surface area contributed by atoms with Crippen LogP contribution in [0, 0.1) is 5.92 Å². The number of nitrogens with one attached hydrogen (secondary N) is 1. The van der Waals surface area contributed by atoms with Gasteiger partial charge in [0, 0.05) is 39.8 Å². The zero-order chi connectivity index (χ0) is 13.1. The molecule has 0 bridgehead atoms. The second-order valence-electron chi connectivity index (χ2n) is 5.25. The fraction of sp³-hybridized carbons (Fsp3) is 0.917. The Balaban J connectivity index is 0.00000180. The Hall–Kier alpha value is 0.570. The average molecular weight is 369 g/mol. The Kier molecular flexibility index (Phi) is 7.53. The molecule has 1 N–H and O–H groups in total. The monoisotopic (exact) mass is 368 g/mol. The second-order valence-corrected chi connectivity index (χ2v) is 7.48. The molecule has 19 heavy (non-hydrogen) atoms. The third-order valence-electron chi connectivity index (χ3n) is 3.69. The normalized spacial score (nSPS) is 29.6. The van der Waals surface area contributed by atoms with Crippen LogP contribution in [0.1, 0.15) is 20.3 Å². The Labute approximate surface area is 135 Å². The Morgan fingerprint density at radius 2 is 2.26 bits per heavy atom. The topological polar surface area (TPSA) is 30.9 Å². The van der Waals surface area contributed by atoms with Crippen LogP contribution in [0.4, 0.5) is 0 Å². The molecule has 1 saturated heterocycles. The summed E-state index contributed by atoms with van der Waals surface area (Å²) in [6, 6.07) is 0.618. The number of rotatable bonds is 3. The minimum absolute atomic E-state index is 0. The summed E-state index contributed by atoms with van der Waals surface area (Å²) in [4.78, 5) is 9.42. The third kappa shape index (κ3) is 4.52. The van der Waals surface area contributed by atoms with Crippen LogP contribution >= 0.6 is 38.6 Å². The fourth-order valence-corrected chi connectivity index (χ4v) is 4.80. The lowest BCUT2D eigenvalue weighted by Gasteiger charge is -2.37. The summed E-state index contributed by atoms with van der Waals surface area (Å²) in [5.74, 6) is 0.740. The van der Waals surface area contributed by atoms with Gasteiger partial charge in [0.25, 0.3) is 0 Å². The number of amidine groups is 1. The molecule has 1 fully saturated rings. The van der Waals surface area contributed by atoms with Crippen LogP contribution in [0.5, 0.6) is 0 Å². The van der Waals surface area contributed by atoms with Gasteiger partial charge < -0.3 is 10.2 Å². The third-order valence-corrected chi connectivity index (χ3v) is 6.24. The van der Waals surface area contributed by atoms with Crippen molar-refractivity contribution in [1.29, 1.82) is 0 Å². The highest BCUT2D eigenvalue weighted by atomic mass is 79.9. The van der Waals surface area contributed by atoms with E-state index < -0.39 is 0 Å². The lowest BCUT2D eigenvalue weighted by Crippen LogP contribution is -2.54. The highest BCUT2D eigenvalue weighted by molar-refractivity contribution is 8.93. The van der Waals surface area contributed by atoms with Crippen LogP contribution in [0.15, 0.2) is 4.99 Å². The first-order valence-electron chi connectivity index (χ1n) is 6.67. The predicted octanol–water partition coefficient (Wildman–Crippen LogP) is 2.48. The van der Waals surface area contributed by atoms with Gasteiger partial charge in [0.2, 0.25) is 0 Å². The minimum atomic E-state index is 0. The highest BCUT2D eigenvalue weighted by Gasteiger charge is 2.31. The van der Waals surface area contributed by atoms with E-state index in [1.54, 1.807) is 10.8 Å². The van der Waals surface area contributed by atoms with Gasteiger partial charge in [0.1, 0.15) is 0 Å². The number of halogens is 1. The summed E-state index contributed by atoms with van der Waals surface area (Å²) in [5.41, 5.74) is 0.307. The van der Waals surface area contributed by atoms with Gasteiger partial charge in [-0.05, 0) is 27.5 Å². The molecule has 0 radical (unpaired) electrons. The van der Waals surface area contributed by atoms with Crippen LogP contribution in [0.25, 0.3) is 0 Å². The molecule has 0 amide bonds. The maximum atomic E-state index is 4.80. The molecule has 0 aromatic carbocycles. The van der Waals surface area contributed by atoms with Crippen LogP contribution in [0.3, 0.4) is 0 Å². The summed E-state index contributed by atoms with van der Waals surface area (Å²) in [6.45, 7) is 7.93. The Morgan fingerprint density at radius 1 is 1.53 bits per heavy atom.